The lowest BCUT2D eigenvalue weighted by Crippen LogP contribution is -1.94. The number of nitrogens with zero attached hydrogens (tertiary/aromatic N) is 3. The Labute approximate surface area is 161 Å². The van der Waals surface area contributed by atoms with Crippen LogP contribution >= 0.6 is 0 Å². The maximum absolute atomic E-state index is 5.20. The summed E-state index contributed by atoms with van der Waals surface area (Å²) in [6.45, 7) is 2.24. The standard InChI is InChI=1S/C23H27N3O/c1-3-4-5-6-7-8-18-15-25-23(26-16-18)20-11-14-22(24-17-20)19-9-12-21(27-2)13-10-19/h9-17H,3-8H2,1-2H3. The lowest BCUT2D eigenvalue weighted by Gasteiger charge is -2.05. The van der Waals surface area contributed by atoms with Crippen LogP contribution in [0.4, 0.5) is 0 Å². The van der Waals surface area contributed by atoms with Crippen molar-refractivity contribution >= 4 is 0 Å². The number of pyridine rings is 1. The first-order valence-electron chi connectivity index (χ1n) is 9.72. The molecule has 0 saturated carbocycles. The average Bonchev–Trinajstić information content (AvgIpc) is 2.74. The van der Waals surface area contributed by atoms with E-state index in [0.717, 1.165) is 34.8 Å². The number of ether oxygens (including phenoxy) is 1. The Morgan fingerprint density at radius 3 is 2.07 bits per heavy atom. The van der Waals surface area contributed by atoms with Gasteiger partial charge in [-0.2, -0.15) is 0 Å². The van der Waals surface area contributed by atoms with Gasteiger partial charge in [0.1, 0.15) is 5.75 Å². The zero-order valence-corrected chi connectivity index (χ0v) is 16.2. The van der Waals surface area contributed by atoms with Crippen LogP contribution in [-0.2, 0) is 6.42 Å². The first-order valence-corrected chi connectivity index (χ1v) is 9.72. The summed E-state index contributed by atoms with van der Waals surface area (Å²) in [4.78, 5) is 13.6. The zero-order valence-electron chi connectivity index (χ0n) is 16.2. The third-order valence-corrected chi connectivity index (χ3v) is 4.68. The van der Waals surface area contributed by atoms with Crippen molar-refractivity contribution in [1.82, 2.24) is 15.0 Å². The molecule has 2 heterocycles. The van der Waals surface area contributed by atoms with Crippen molar-refractivity contribution in [3.05, 3.63) is 60.6 Å². The molecular weight excluding hydrogens is 334 g/mol. The Bertz CT molecular complexity index is 812. The molecule has 3 aromatic rings. The van der Waals surface area contributed by atoms with Gasteiger partial charge in [-0.3, -0.25) is 4.98 Å². The molecule has 0 unspecified atom stereocenters. The first-order chi connectivity index (χ1) is 13.3. The van der Waals surface area contributed by atoms with Crippen LogP contribution in [0.1, 0.15) is 44.6 Å². The van der Waals surface area contributed by atoms with Gasteiger partial charge in [0.25, 0.3) is 0 Å². The molecule has 1 aromatic carbocycles. The Balaban J connectivity index is 1.61. The predicted octanol–water partition coefficient (Wildman–Crippen LogP) is 5.73. The molecule has 0 atom stereocenters. The maximum atomic E-state index is 5.20. The molecule has 0 aliphatic heterocycles. The Morgan fingerprint density at radius 1 is 0.741 bits per heavy atom. The topological polar surface area (TPSA) is 47.9 Å². The van der Waals surface area contributed by atoms with Crippen LogP contribution < -0.4 is 4.74 Å². The maximum Gasteiger partial charge on any atom is 0.160 e. The number of hydrogen-bond donors (Lipinski definition) is 0. The first kappa shape index (κ1) is 19.0. The molecule has 0 spiro atoms. The van der Waals surface area contributed by atoms with Crippen molar-refractivity contribution in [2.45, 2.75) is 45.4 Å². The van der Waals surface area contributed by atoms with Gasteiger partial charge in [-0.25, -0.2) is 9.97 Å². The van der Waals surface area contributed by atoms with E-state index in [0.29, 0.717) is 0 Å². The number of rotatable bonds is 9. The fourth-order valence-corrected chi connectivity index (χ4v) is 3.02. The Hall–Kier alpha value is -2.75. The van der Waals surface area contributed by atoms with E-state index in [4.69, 9.17) is 4.74 Å². The van der Waals surface area contributed by atoms with Crippen molar-refractivity contribution in [3.8, 4) is 28.4 Å². The van der Waals surface area contributed by atoms with Crippen LogP contribution in [0.3, 0.4) is 0 Å². The van der Waals surface area contributed by atoms with E-state index in [1.54, 1.807) is 7.11 Å². The highest BCUT2D eigenvalue weighted by Crippen LogP contribution is 2.22. The zero-order chi connectivity index (χ0) is 18.9. The number of aryl methyl sites for hydroxylation is 1. The van der Waals surface area contributed by atoms with Gasteiger partial charge in [-0.1, -0.05) is 32.6 Å². The molecule has 0 saturated heterocycles. The second kappa shape index (κ2) is 9.81. The predicted molar refractivity (Wildman–Crippen MR) is 110 cm³/mol. The molecule has 0 amide bonds. The van der Waals surface area contributed by atoms with Crippen LogP contribution in [0.15, 0.2) is 55.0 Å². The summed E-state index contributed by atoms with van der Waals surface area (Å²) in [5.41, 5.74) is 4.12. The normalized spacial score (nSPS) is 10.7. The van der Waals surface area contributed by atoms with Crippen LogP contribution in [0.2, 0.25) is 0 Å². The third-order valence-electron chi connectivity index (χ3n) is 4.68. The minimum absolute atomic E-state index is 0.721. The van der Waals surface area contributed by atoms with Crippen molar-refractivity contribution in [2.24, 2.45) is 0 Å². The van der Waals surface area contributed by atoms with Gasteiger partial charge < -0.3 is 4.74 Å². The summed E-state index contributed by atoms with van der Waals surface area (Å²) in [5.74, 6) is 1.56. The molecule has 4 heteroatoms. The second-order valence-corrected chi connectivity index (χ2v) is 6.74. The van der Waals surface area contributed by atoms with Crippen LogP contribution in [-0.4, -0.2) is 22.1 Å². The molecule has 0 N–H and O–H groups in total. The SMILES string of the molecule is CCCCCCCc1cnc(-c2ccc(-c3ccc(OC)cc3)nc2)nc1. The van der Waals surface area contributed by atoms with Gasteiger partial charge in [0, 0.05) is 29.7 Å². The van der Waals surface area contributed by atoms with E-state index in [1.807, 2.05) is 55.0 Å². The number of methoxy groups -OCH3 is 1. The summed E-state index contributed by atoms with van der Waals surface area (Å²) in [6.07, 6.45) is 13.2. The highest BCUT2D eigenvalue weighted by molar-refractivity contribution is 5.63. The summed E-state index contributed by atoms with van der Waals surface area (Å²) in [6, 6.07) is 11.9. The second-order valence-electron chi connectivity index (χ2n) is 6.74. The van der Waals surface area contributed by atoms with Crippen molar-refractivity contribution in [1.29, 1.82) is 0 Å². The van der Waals surface area contributed by atoms with Crippen LogP contribution in [0.5, 0.6) is 5.75 Å². The van der Waals surface area contributed by atoms with E-state index in [2.05, 4.69) is 21.9 Å². The fraction of sp³-hybridized carbons (Fsp3) is 0.348. The number of hydrogen-bond acceptors (Lipinski definition) is 4. The lowest BCUT2D eigenvalue weighted by molar-refractivity contribution is 0.415. The van der Waals surface area contributed by atoms with E-state index < -0.39 is 0 Å². The molecule has 0 aliphatic carbocycles. The summed E-state index contributed by atoms with van der Waals surface area (Å²) >= 11 is 0. The molecular formula is C23H27N3O. The van der Waals surface area contributed by atoms with E-state index >= 15 is 0 Å². The number of unbranched alkanes of at least 4 members (excludes halogenated alkanes) is 4. The fourth-order valence-electron chi connectivity index (χ4n) is 3.02. The summed E-state index contributed by atoms with van der Waals surface area (Å²) < 4.78 is 5.20. The Morgan fingerprint density at radius 2 is 1.44 bits per heavy atom. The van der Waals surface area contributed by atoms with Crippen molar-refractivity contribution < 1.29 is 4.74 Å². The molecule has 0 radical (unpaired) electrons. The average molecular weight is 361 g/mol. The third kappa shape index (κ3) is 5.36. The number of aromatic nitrogens is 3. The van der Waals surface area contributed by atoms with E-state index in [9.17, 15) is 0 Å². The quantitative estimate of drug-likeness (QED) is 0.457. The lowest BCUT2D eigenvalue weighted by atomic mass is 10.1. The smallest absolute Gasteiger partial charge is 0.160 e. The molecule has 140 valence electrons. The van der Waals surface area contributed by atoms with Gasteiger partial charge in [0.05, 0.1) is 12.8 Å². The molecule has 3 rings (SSSR count). The summed E-state index contributed by atoms with van der Waals surface area (Å²) in [5, 5.41) is 0. The van der Waals surface area contributed by atoms with Crippen molar-refractivity contribution in [3.63, 3.8) is 0 Å². The molecule has 2 aromatic heterocycles. The van der Waals surface area contributed by atoms with Gasteiger partial charge >= 0.3 is 0 Å². The molecule has 0 bridgehead atoms. The van der Waals surface area contributed by atoms with Gasteiger partial charge in [-0.05, 0) is 54.8 Å². The molecule has 4 nitrogen and oxygen atoms in total. The number of benzene rings is 1. The van der Waals surface area contributed by atoms with Gasteiger partial charge in [0.2, 0.25) is 0 Å². The molecule has 0 fully saturated rings. The van der Waals surface area contributed by atoms with Gasteiger partial charge in [-0.15, -0.1) is 0 Å². The highest BCUT2D eigenvalue weighted by atomic mass is 16.5. The highest BCUT2D eigenvalue weighted by Gasteiger charge is 2.05. The van der Waals surface area contributed by atoms with E-state index in [1.165, 1.54) is 37.7 Å². The van der Waals surface area contributed by atoms with Crippen LogP contribution in [0, 0.1) is 0 Å². The monoisotopic (exact) mass is 361 g/mol. The Kier molecular flexibility index (Phi) is 6.91. The molecule has 0 aliphatic rings. The van der Waals surface area contributed by atoms with Crippen LogP contribution in [0.25, 0.3) is 22.6 Å². The minimum Gasteiger partial charge on any atom is -0.497 e. The van der Waals surface area contributed by atoms with Crippen molar-refractivity contribution in [2.75, 3.05) is 7.11 Å². The molecule has 27 heavy (non-hydrogen) atoms. The largest absolute Gasteiger partial charge is 0.497 e. The van der Waals surface area contributed by atoms with E-state index in [-0.39, 0.29) is 0 Å². The summed E-state index contributed by atoms with van der Waals surface area (Å²) in [7, 11) is 1.67. The van der Waals surface area contributed by atoms with Gasteiger partial charge in [0.15, 0.2) is 5.82 Å². The minimum atomic E-state index is 0.721.